The second kappa shape index (κ2) is 8.23. The van der Waals surface area contributed by atoms with Gasteiger partial charge in [0.1, 0.15) is 11.3 Å². The molecule has 2 aromatic rings. The molecule has 0 aliphatic rings. The number of nitrogens with one attached hydrogen (secondary N) is 1. The largest absolute Gasteiger partial charge is 0.548 e. The summed E-state index contributed by atoms with van der Waals surface area (Å²) in [5.41, 5.74) is 0.299. The number of carboxylic acids is 1. The van der Waals surface area contributed by atoms with E-state index in [9.17, 15) is 19.5 Å². The second-order valence-electron chi connectivity index (χ2n) is 5.88. The van der Waals surface area contributed by atoms with Crippen molar-refractivity contribution in [3.05, 3.63) is 38.7 Å². The number of aliphatic carboxylic acids is 1. The molecule has 0 saturated carbocycles. The van der Waals surface area contributed by atoms with E-state index in [1.165, 1.54) is 13.2 Å². The number of benzene rings is 1. The fourth-order valence-electron chi connectivity index (χ4n) is 2.69. The Morgan fingerprint density at radius 3 is 2.65 bits per heavy atom. The van der Waals surface area contributed by atoms with Crippen molar-refractivity contribution in [1.82, 2.24) is 5.32 Å². The number of rotatable bonds is 7. The number of amides is 1. The summed E-state index contributed by atoms with van der Waals surface area (Å²) in [6.07, 6.45) is 0.506. The SMILES string of the molecule is CCC[C@H](NC(=O)Cc1c(C)c2cc(Cl)c(OC)cc2oc1=O)C(=O)[O-]. The maximum atomic E-state index is 12.3. The van der Waals surface area contributed by atoms with Crippen LogP contribution in [0.25, 0.3) is 11.0 Å². The van der Waals surface area contributed by atoms with Gasteiger partial charge in [0.05, 0.1) is 36.1 Å². The van der Waals surface area contributed by atoms with E-state index in [1.54, 1.807) is 19.9 Å². The van der Waals surface area contributed by atoms with Crippen LogP contribution in [0.2, 0.25) is 5.02 Å². The van der Waals surface area contributed by atoms with E-state index in [0.717, 1.165) is 0 Å². The predicted octanol–water partition coefficient (Wildman–Crippen LogP) is 1.34. The van der Waals surface area contributed by atoms with Gasteiger partial charge in [0.2, 0.25) is 5.91 Å². The van der Waals surface area contributed by atoms with Gasteiger partial charge in [0.15, 0.2) is 0 Å². The lowest BCUT2D eigenvalue weighted by Gasteiger charge is -2.19. The van der Waals surface area contributed by atoms with Crippen LogP contribution in [0.15, 0.2) is 21.3 Å². The monoisotopic (exact) mass is 380 g/mol. The average molecular weight is 381 g/mol. The van der Waals surface area contributed by atoms with Crippen molar-refractivity contribution in [2.45, 2.75) is 39.2 Å². The number of carboxylic acid groups (broad SMARTS) is 1. The molecule has 7 nitrogen and oxygen atoms in total. The Balaban J connectivity index is 2.36. The Hall–Kier alpha value is -2.54. The Kier molecular flexibility index (Phi) is 6.26. The van der Waals surface area contributed by atoms with Gasteiger partial charge >= 0.3 is 5.63 Å². The first-order valence-corrected chi connectivity index (χ1v) is 8.46. The van der Waals surface area contributed by atoms with Gasteiger partial charge in [-0.3, -0.25) is 4.79 Å². The van der Waals surface area contributed by atoms with Crippen LogP contribution in [0.4, 0.5) is 0 Å². The number of ether oxygens (including phenoxy) is 1. The molecule has 0 bridgehead atoms. The number of aryl methyl sites for hydroxylation is 1. The minimum Gasteiger partial charge on any atom is -0.548 e. The zero-order valence-electron chi connectivity index (χ0n) is 14.7. The van der Waals surface area contributed by atoms with Gasteiger partial charge in [0, 0.05) is 11.5 Å². The third-order valence-corrected chi connectivity index (χ3v) is 4.39. The Labute approximate surface area is 154 Å². The molecule has 0 aliphatic carbocycles. The van der Waals surface area contributed by atoms with E-state index in [1.807, 2.05) is 0 Å². The standard InChI is InChI=1S/C18H20ClNO6/c1-4-5-13(17(22)23)20-16(21)7-11-9(2)10-6-12(19)15(25-3)8-14(10)26-18(11)24/h6,8,13H,4-5,7H2,1-3H3,(H,20,21)(H,22,23)/p-1/t13-/m0/s1. The van der Waals surface area contributed by atoms with Gasteiger partial charge < -0.3 is 24.4 Å². The number of carbonyl (C=O) groups excluding carboxylic acids is 2. The molecule has 1 heterocycles. The fraction of sp³-hybridized carbons (Fsp3) is 0.389. The lowest BCUT2D eigenvalue weighted by Crippen LogP contribution is -2.48. The van der Waals surface area contributed by atoms with Crippen molar-refractivity contribution in [3.8, 4) is 5.75 Å². The molecule has 1 amide bonds. The highest BCUT2D eigenvalue weighted by Crippen LogP contribution is 2.31. The summed E-state index contributed by atoms with van der Waals surface area (Å²) in [4.78, 5) is 35.5. The third kappa shape index (κ3) is 4.16. The summed E-state index contributed by atoms with van der Waals surface area (Å²) < 4.78 is 10.4. The zero-order valence-corrected chi connectivity index (χ0v) is 15.4. The van der Waals surface area contributed by atoms with E-state index in [4.69, 9.17) is 20.8 Å². The second-order valence-corrected chi connectivity index (χ2v) is 6.29. The van der Waals surface area contributed by atoms with Gasteiger partial charge in [-0.25, -0.2) is 4.79 Å². The molecule has 1 atom stereocenters. The third-order valence-electron chi connectivity index (χ3n) is 4.09. The molecule has 0 radical (unpaired) electrons. The molecule has 1 aromatic carbocycles. The molecule has 0 spiro atoms. The van der Waals surface area contributed by atoms with Crippen LogP contribution in [0.1, 0.15) is 30.9 Å². The predicted molar refractivity (Wildman–Crippen MR) is 94.3 cm³/mol. The molecule has 140 valence electrons. The van der Waals surface area contributed by atoms with E-state index < -0.39 is 23.5 Å². The van der Waals surface area contributed by atoms with Crippen LogP contribution in [-0.4, -0.2) is 25.0 Å². The van der Waals surface area contributed by atoms with E-state index in [2.05, 4.69) is 5.32 Å². The van der Waals surface area contributed by atoms with Crippen LogP contribution in [-0.2, 0) is 16.0 Å². The van der Waals surface area contributed by atoms with Gasteiger partial charge in [0.25, 0.3) is 0 Å². The summed E-state index contributed by atoms with van der Waals surface area (Å²) in [7, 11) is 1.45. The Morgan fingerprint density at radius 1 is 1.38 bits per heavy atom. The quantitative estimate of drug-likeness (QED) is 0.726. The van der Waals surface area contributed by atoms with Crippen molar-refractivity contribution in [2.75, 3.05) is 7.11 Å². The molecule has 8 heteroatoms. The summed E-state index contributed by atoms with van der Waals surface area (Å²) in [5.74, 6) is -1.59. The summed E-state index contributed by atoms with van der Waals surface area (Å²) in [6.45, 7) is 3.47. The van der Waals surface area contributed by atoms with Crippen molar-refractivity contribution in [3.63, 3.8) is 0 Å². The number of carbonyl (C=O) groups is 2. The average Bonchev–Trinajstić information content (AvgIpc) is 2.58. The fourth-order valence-corrected chi connectivity index (χ4v) is 2.93. The first-order valence-electron chi connectivity index (χ1n) is 8.08. The minimum absolute atomic E-state index is 0.143. The number of hydrogen-bond donors (Lipinski definition) is 1. The Morgan fingerprint density at radius 2 is 2.08 bits per heavy atom. The molecular formula is C18H19ClNO6-. The van der Waals surface area contributed by atoms with E-state index >= 15 is 0 Å². The Bertz CT molecular complexity index is 905. The smallest absolute Gasteiger partial charge is 0.340 e. The molecule has 26 heavy (non-hydrogen) atoms. The van der Waals surface area contributed by atoms with Crippen LogP contribution >= 0.6 is 11.6 Å². The molecule has 1 N–H and O–H groups in total. The zero-order chi connectivity index (χ0) is 19.4. The van der Waals surface area contributed by atoms with Crippen molar-refractivity contribution in [2.24, 2.45) is 0 Å². The van der Waals surface area contributed by atoms with Gasteiger partial charge in [-0.2, -0.15) is 0 Å². The van der Waals surface area contributed by atoms with Crippen LogP contribution < -0.4 is 20.8 Å². The van der Waals surface area contributed by atoms with E-state index in [0.29, 0.717) is 28.1 Å². The van der Waals surface area contributed by atoms with Crippen LogP contribution in [0.5, 0.6) is 5.75 Å². The van der Waals surface area contributed by atoms with E-state index in [-0.39, 0.29) is 24.0 Å². The molecule has 0 fully saturated rings. The lowest BCUT2D eigenvalue weighted by molar-refractivity contribution is -0.308. The summed E-state index contributed by atoms with van der Waals surface area (Å²) in [6, 6.07) is 2.00. The summed E-state index contributed by atoms with van der Waals surface area (Å²) >= 11 is 6.12. The first-order chi connectivity index (χ1) is 12.3. The summed E-state index contributed by atoms with van der Waals surface area (Å²) in [5, 5.41) is 14.3. The van der Waals surface area contributed by atoms with Crippen molar-refractivity contribution < 1.29 is 23.8 Å². The minimum atomic E-state index is -1.36. The topological polar surface area (TPSA) is 109 Å². The highest BCUT2D eigenvalue weighted by atomic mass is 35.5. The van der Waals surface area contributed by atoms with Gasteiger partial charge in [-0.15, -0.1) is 0 Å². The van der Waals surface area contributed by atoms with Crippen LogP contribution in [0.3, 0.4) is 0 Å². The van der Waals surface area contributed by atoms with Crippen LogP contribution in [0, 0.1) is 6.92 Å². The number of halogens is 1. The van der Waals surface area contributed by atoms with Gasteiger partial charge in [-0.05, 0) is 25.0 Å². The highest BCUT2D eigenvalue weighted by molar-refractivity contribution is 6.32. The number of methoxy groups -OCH3 is 1. The molecule has 2 rings (SSSR count). The van der Waals surface area contributed by atoms with Gasteiger partial charge in [-0.1, -0.05) is 24.9 Å². The normalized spacial score (nSPS) is 12.0. The highest BCUT2D eigenvalue weighted by Gasteiger charge is 2.19. The molecule has 0 unspecified atom stereocenters. The molecule has 0 saturated heterocycles. The van der Waals surface area contributed by atoms with Crippen molar-refractivity contribution in [1.29, 1.82) is 0 Å². The first kappa shape index (κ1) is 19.8. The number of hydrogen-bond acceptors (Lipinski definition) is 6. The maximum Gasteiger partial charge on any atom is 0.340 e. The molecular weight excluding hydrogens is 362 g/mol. The number of fused-ring (bicyclic) bond motifs is 1. The lowest BCUT2D eigenvalue weighted by atomic mass is 10.0. The van der Waals surface area contributed by atoms with Crippen molar-refractivity contribution >= 4 is 34.4 Å². The molecule has 1 aromatic heterocycles. The maximum absolute atomic E-state index is 12.3. The molecule has 0 aliphatic heterocycles.